The zero-order valence-electron chi connectivity index (χ0n) is 17.9. The monoisotopic (exact) mass is 479 g/mol. The van der Waals surface area contributed by atoms with E-state index in [9.17, 15) is 5.26 Å². The van der Waals surface area contributed by atoms with E-state index in [1.165, 1.54) is 13.3 Å². The van der Waals surface area contributed by atoms with Gasteiger partial charge < -0.3 is 19.5 Å². The molecule has 0 amide bonds. The average Bonchev–Trinajstić information content (AvgIpc) is 2.84. The highest BCUT2D eigenvalue weighted by atomic mass is 35.5. The van der Waals surface area contributed by atoms with Crippen LogP contribution in [0.4, 0.5) is 11.4 Å². The summed E-state index contributed by atoms with van der Waals surface area (Å²) in [5, 5.41) is 14.4. The van der Waals surface area contributed by atoms with Crippen LogP contribution in [-0.4, -0.2) is 19.2 Å². The number of methoxy groups -OCH3 is 2. The lowest BCUT2D eigenvalue weighted by Crippen LogP contribution is -2.01. The molecule has 0 saturated carbocycles. The van der Waals surface area contributed by atoms with Crippen LogP contribution in [0.2, 0.25) is 10.0 Å². The molecule has 4 rings (SSSR count). The normalized spacial score (nSPS) is 10.5. The third-order valence-corrected chi connectivity index (χ3v) is 5.62. The van der Waals surface area contributed by atoms with E-state index in [1.807, 2.05) is 30.3 Å². The SMILES string of the molecule is COc1cc(Nc2c(C#N)cnc3cc(OCc4ccccc4)c(OC)cc23)c(Cl)cc1Cl. The third kappa shape index (κ3) is 4.75. The van der Waals surface area contributed by atoms with Crippen molar-refractivity contribution in [3.05, 3.63) is 82.0 Å². The highest BCUT2D eigenvalue weighted by Crippen LogP contribution is 2.40. The molecular formula is C25H19Cl2N3O3. The van der Waals surface area contributed by atoms with E-state index < -0.39 is 0 Å². The molecule has 1 aromatic heterocycles. The number of anilines is 2. The number of halogens is 2. The highest BCUT2D eigenvalue weighted by Gasteiger charge is 2.16. The lowest BCUT2D eigenvalue weighted by Gasteiger charge is -2.16. The zero-order chi connectivity index (χ0) is 23.4. The molecule has 0 bridgehead atoms. The number of rotatable bonds is 7. The fourth-order valence-electron chi connectivity index (χ4n) is 3.34. The minimum atomic E-state index is 0.340. The molecule has 0 spiro atoms. The van der Waals surface area contributed by atoms with Crippen molar-refractivity contribution in [2.45, 2.75) is 6.61 Å². The van der Waals surface area contributed by atoms with E-state index in [2.05, 4.69) is 16.4 Å². The number of pyridine rings is 1. The molecule has 6 nitrogen and oxygen atoms in total. The Morgan fingerprint density at radius 2 is 1.70 bits per heavy atom. The van der Waals surface area contributed by atoms with Crippen LogP contribution in [0.5, 0.6) is 17.2 Å². The van der Waals surface area contributed by atoms with Gasteiger partial charge in [-0.1, -0.05) is 53.5 Å². The lowest BCUT2D eigenvalue weighted by molar-refractivity contribution is 0.285. The van der Waals surface area contributed by atoms with E-state index in [1.54, 1.807) is 31.4 Å². The van der Waals surface area contributed by atoms with Gasteiger partial charge in [0.05, 0.1) is 46.7 Å². The molecule has 0 aliphatic heterocycles. The number of nitrogens with zero attached hydrogens (tertiary/aromatic N) is 2. The van der Waals surface area contributed by atoms with Gasteiger partial charge in [0, 0.05) is 23.7 Å². The quantitative estimate of drug-likeness (QED) is 0.315. The van der Waals surface area contributed by atoms with Gasteiger partial charge in [-0.2, -0.15) is 5.26 Å². The number of fused-ring (bicyclic) bond motifs is 1. The second-order valence-electron chi connectivity index (χ2n) is 7.04. The Labute approximate surface area is 201 Å². The van der Waals surface area contributed by atoms with E-state index in [4.69, 9.17) is 37.4 Å². The fourth-order valence-corrected chi connectivity index (χ4v) is 3.85. The van der Waals surface area contributed by atoms with Crippen LogP contribution >= 0.6 is 23.2 Å². The summed E-state index contributed by atoms with van der Waals surface area (Å²) in [4.78, 5) is 4.44. The maximum atomic E-state index is 9.70. The molecule has 1 heterocycles. The van der Waals surface area contributed by atoms with E-state index in [-0.39, 0.29) is 0 Å². The Hall–Kier alpha value is -3.66. The Balaban J connectivity index is 1.77. The average molecular weight is 480 g/mol. The fraction of sp³-hybridized carbons (Fsp3) is 0.120. The molecule has 8 heteroatoms. The summed E-state index contributed by atoms with van der Waals surface area (Å²) >= 11 is 12.6. The summed E-state index contributed by atoms with van der Waals surface area (Å²) < 4.78 is 16.9. The largest absolute Gasteiger partial charge is 0.495 e. The van der Waals surface area contributed by atoms with Crippen LogP contribution in [0, 0.1) is 11.3 Å². The second-order valence-corrected chi connectivity index (χ2v) is 7.86. The van der Waals surface area contributed by atoms with Gasteiger partial charge in [0.1, 0.15) is 18.4 Å². The summed E-state index contributed by atoms with van der Waals surface area (Å²) in [6.07, 6.45) is 1.50. The van der Waals surface area contributed by atoms with Crippen molar-refractivity contribution >= 4 is 45.5 Å². The summed E-state index contributed by atoms with van der Waals surface area (Å²) in [6, 6.07) is 18.8. The van der Waals surface area contributed by atoms with Gasteiger partial charge in [0.25, 0.3) is 0 Å². The molecule has 0 aliphatic carbocycles. The predicted molar refractivity (Wildman–Crippen MR) is 130 cm³/mol. The lowest BCUT2D eigenvalue weighted by atomic mass is 10.1. The number of benzene rings is 3. The van der Waals surface area contributed by atoms with Crippen LogP contribution < -0.4 is 19.5 Å². The first kappa shape index (κ1) is 22.5. The van der Waals surface area contributed by atoms with Gasteiger partial charge >= 0.3 is 0 Å². The van der Waals surface area contributed by atoms with E-state index in [0.29, 0.717) is 61.7 Å². The van der Waals surface area contributed by atoms with Gasteiger partial charge in [-0.05, 0) is 17.7 Å². The zero-order valence-corrected chi connectivity index (χ0v) is 19.4. The molecule has 166 valence electrons. The van der Waals surface area contributed by atoms with Crippen molar-refractivity contribution in [2.75, 3.05) is 19.5 Å². The van der Waals surface area contributed by atoms with Gasteiger partial charge in [-0.15, -0.1) is 0 Å². The van der Waals surface area contributed by atoms with Gasteiger partial charge in [-0.3, -0.25) is 4.98 Å². The molecule has 4 aromatic rings. The highest BCUT2D eigenvalue weighted by molar-refractivity contribution is 6.37. The minimum Gasteiger partial charge on any atom is -0.495 e. The van der Waals surface area contributed by atoms with Crippen molar-refractivity contribution in [3.8, 4) is 23.3 Å². The number of aromatic nitrogens is 1. The molecule has 0 radical (unpaired) electrons. The van der Waals surface area contributed by atoms with Crippen molar-refractivity contribution in [1.82, 2.24) is 4.98 Å². The minimum absolute atomic E-state index is 0.340. The summed E-state index contributed by atoms with van der Waals surface area (Å²) in [7, 11) is 3.08. The number of hydrogen-bond acceptors (Lipinski definition) is 6. The van der Waals surface area contributed by atoms with Crippen molar-refractivity contribution < 1.29 is 14.2 Å². The predicted octanol–water partition coefficient (Wildman–Crippen LogP) is 6.75. The maximum absolute atomic E-state index is 9.70. The molecular weight excluding hydrogens is 461 g/mol. The number of hydrogen-bond donors (Lipinski definition) is 1. The first-order chi connectivity index (χ1) is 16.0. The van der Waals surface area contributed by atoms with E-state index in [0.717, 1.165) is 5.56 Å². The summed E-state index contributed by atoms with van der Waals surface area (Å²) in [6.45, 7) is 0.379. The van der Waals surface area contributed by atoms with E-state index >= 15 is 0 Å². The molecule has 0 fully saturated rings. The first-order valence-electron chi connectivity index (χ1n) is 9.91. The van der Waals surface area contributed by atoms with Gasteiger partial charge in [0.2, 0.25) is 0 Å². The Kier molecular flexibility index (Phi) is 6.74. The first-order valence-corrected chi connectivity index (χ1v) is 10.7. The summed E-state index contributed by atoms with van der Waals surface area (Å²) in [5.41, 5.74) is 3.05. The van der Waals surface area contributed by atoms with Crippen LogP contribution in [-0.2, 0) is 6.61 Å². The molecule has 1 N–H and O–H groups in total. The van der Waals surface area contributed by atoms with Gasteiger partial charge in [0.15, 0.2) is 11.5 Å². The maximum Gasteiger partial charge on any atom is 0.163 e. The Morgan fingerprint density at radius 1 is 0.939 bits per heavy atom. The van der Waals surface area contributed by atoms with Crippen molar-refractivity contribution in [1.29, 1.82) is 5.26 Å². The van der Waals surface area contributed by atoms with Crippen LogP contribution in [0.1, 0.15) is 11.1 Å². The van der Waals surface area contributed by atoms with Crippen LogP contribution in [0.25, 0.3) is 10.9 Å². The number of nitrogens with one attached hydrogen (secondary N) is 1. The topological polar surface area (TPSA) is 76.4 Å². The molecule has 0 atom stereocenters. The Morgan fingerprint density at radius 3 is 2.39 bits per heavy atom. The van der Waals surface area contributed by atoms with Crippen LogP contribution in [0.15, 0.2) is 60.8 Å². The van der Waals surface area contributed by atoms with Crippen molar-refractivity contribution in [2.24, 2.45) is 0 Å². The molecule has 0 unspecified atom stereocenters. The Bertz CT molecular complexity index is 1360. The number of nitriles is 1. The van der Waals surface area contributed by atoms with Crippen LogP contribution in [0.3, 0.4) is 0 Å². The standard InChI is InChI=1S/C25H19Cl2N3O3/c1-31-22-11-21(18(26)9-19(22)27)30-25-16(12-28)13-29-20-10-24(23(32-2)8-17(20)25)33-14-15-6-4-3-5-7-15/h3-11,13H,14H2,1-2H3,(H,29,30). The third-order valence-electron chi connectivity index (χ3n) is 5.01. The smallest absolute Gasteiger partial charge is 0.163 e. The van der Waals surface area contributed by atoms with Gasteiger partial charge in [-0.25, -0.2) is 0 Å². The number of ether oxygens (including phenoxy) is 3. The molecule has 0 saturated heterocycles. The summed E-state index contributed by atoms with van der Waals surface area (Å²) in [5.74, 6) is 1.51. The molecule has 33 heavy (non-hydrogen) atoms. The second kappa shape index (κ2) is 9.86. The van der Waals surface area contributed by atoms with Crippen molar-refractivity contribution in [3.63, 3.8) is 0 Å². The molecule has 3 aromatic carbocycles. The molecule has 0 aliphatic rings.